The predicted molar refractivity (Wildman–Crippen MR) is 71.9 cm³/mol. The Balaban J connectivity index is 2.31. The lowest BCUT2D eigenvalue weighted by Crippen LogP contribution is -2.23. The van der Waals surface area contributed by atoms with Gasteiger partial charge in [-0.15, -0.1) is 0 Å². The summed E-state index contributed by atoms with van der Waals surface area (Å²) in [5.41, 5.74) is 0. The summed E-state index contributed by atoms with van der Waals surface area (Å²) in [6.07, 6.45) is 1.78. The number of halogens is 3. The Hall–Kier alpha value is -0.680. The molecule has 0 unspecified atom stereocenters. The topological polar surface area (TPSA) is 21.3 Å². The van der Waals surface area contributed by atoms with Gasteiger partial charge in [0, 0.05) is 12.1 Å². The molecule has 18 heavy (non-hydrogen) atoms. The first-order valence-corrected chi connectivity index (χ1v) is 6.80. The van der Waals surface area contributed by atoms with E-state index in [1.807, 2.05) is 0 Å². The van der Waals surface area contributed by atoms with Gasteiger partial charge in [-0.05, 0) is 41.4 Å². The summed E-state index contributed by atoms with van der Waals surface area (Å²) in [7, 11) is 0. The number of unbranched alkanes of at least 4 members (excludes halogenated alkanes) is 1. The molecule has 5 heteroatoms. The van der Waals surface area contributed by atoms with Gasteiger partial charge in [0.25, 0.3) is 0 Å². The fraction of sp³-hybridized carbons (Fsp3) is 0.538. The average molecular weight is 322 g/mol. The first-order valence-electron chi connectivity index (χ1n) is 6.01. The summed E-state index contributed by atoms with van der Waals surface area (Å²) in [5.74, 6) is -1.22. The zero-order valence-electron chi connectivity index (χ0n) is 10.6. The molecule has 102 valence electrons. The van der Waals surface area contributed by atoms with E-state index in [1.165, 1.54) is 6.07 Å². The molecule has 1 rings (SSSR count). The Kier molecular flexibility index (Phi) is 6.57. The van der Waals surface area contributed by atoms with Crippen LogP contribution >= 0.6 is 15.9 Å². The number of ether oxygens (including phenoxy) is 1. The summed E-state index contributed by atoms with van der Waals surface area (Å²) in [6.45, 7) is 5.50. The maximum atomic E-state index is 13.4. The molecular formula is C13H18BrF2NO. The Morgan fingerprint density at radius 1 is 1.28 bits per heavy atom. The summed E-state index contributed by atoms with van der Waals surface area (Å²) in [4.78, 5) is 0. The van der Waals surface area contributed by atoms with E-state index in [4.69, 9.17) is 4.74 Å². The van der Waals surface area contributed by atoms with E-state index in [2.05, 4.69) is 35.1 Å². The van der Waals surface area contributed by atoms with Crippen LogP contribution in [-0.2, 0) is 0 Å². The lowest BCUT2D eigenvalue weighted by atomic mass is 10.3. The molecule has 0 fully saturated rings. The quantitative estimate of drug-likeness (QED) is 0.769. The second kappa shape index (κ2) is 7.69. The zero-order chi connectivity index (χ0) is 13.5. The monoisotopic (exact) mass is 321 g/mol. The molecule has 1 N–H and O–H groups in total. The van der Waals surface area contributed by atoms with E-state index in [0.717, 1.165) is 25.5 Å². The van der Waals surface area contributed by atoms with Crippen molar-refractivity contribution in [2.45, 2.75) is 32.7 Å². The number of hydrogen-bond acceptors (Lipinski definition) is 2. The first kappa shape index (κ1) is 15.4. The number of benzene rings is 1. The first-order chi connectivity index (χ1) is 8.50. The van der Waals surface area contributed by atoms with Crippen LogP contribution in [0, 0.1) is 11.6 Å². The molecule has 0 atom stereocenters. The Morgan fingerprint density at radius 3 is 2.61 bits per heavy atom. The highest BCUT2D eigenvalue weighted by Gasteiger charge is 2.10. The highest BCUT2D eigenvalue weighted by molar-refractivity contribution is 9.10. The second-order valence-electron chi connectivity index (χ2n) is 4.36. The van der Waals surface area contributed by atoms with Crippen molar-refractivity contribution in [3.8, 4) is 5.75 Å². The van der Waals surface area contributed by atoms with Crippen molar-refractivity contribution in [3.05, 3.63) is 28.2 Å². The molecule has 0 amide bonds. The highest BCUT2D eigenvalue weighted by atomic mass is 79.9. The minimum atomic E-state index is -0.679. The van der Waals surface area contributed by atoms with Gasteiger partial charge in [-0.3, -0.25) is 0 Å². The van der Waals surface area contributed by atoms with E-state index in [1.54, 1.807) is 0 Å². The fourth-order valence-corrected chi connectivity index (χ4v) is 1.98. The lowest BCUT2D eigenvalue weighted by Gasteiger charge is -2.10. The third-order valence-corrected chi connectivity index (χ3v) is 2.92. The van der Waals surface area contributed by atoms with Crippen LogP contribution in [0.5, 0.6) is 5.75 Å². The molecule has 0 heterocycles. The van der Waals surface area contributed by atoms with E-state index in [9.17, 15) is 8.78 Å². The van der Waals surface area contributed by atoms with Gasteiger partial charge in [-0.25, -0.2) is 8.78 Å². The molecule has 0 aliphatic rings. The average Bonchev–Trinajstić information content (AvgIpc) is 2.25. The maximum Gasteiger partial charge on any atom is 0.169 e. The van der Waals surface area contributed by atoms with E-state index >= 15 is 0 Å². The summed E-state index contributed by atoms with van der Waals surface area (Å²) < 4.78 is 31.8. The molecule has 0 aromatic heterocycles. The molecule has 2 nitrogen and oxygen atoms in total. The molecular weight excluding hydrogens is 304 g/mol. The van der Waals surface area contributed by atoms with Crippen LogP contribution in [0.15, 0.2) is 16.6 Å². The van der Waals surface area contributed by atoms with E-state index in [-0.39, 0.29) is 5.75 Å². The summed E-state index contributed by atoms with van der Waals surface area (Å²) >= 11 is 3.08. The van der Waals surface area contributed by atoms with Crippen LogP contribution < -0.4 is 10.1 Å². The number of nitrogens with one attached hydrogen (secondary N) is 1. The zero-order valence-corrected chi connectivity index (χ0v) is 12.2. The van der Waals surface area contributed by atoms with Gasteiger partial charge in [-0.2, -0.15) is 0 Å². The minimum Gasteiger partial charge on any atom is -0.489 e. The Labute approximate surface area is 115 Å². The smallest absolute Gasteiger partial charge is 0.169 e. The Morgan fingerprint density at radius 2 is 2.00 bits per heavy atom. The molecule has 0 radical (unpaired) electrons. The predicted octanol–water partition coefficient (Wildman–Crippen LogP) is 3.88. The van der Waals surface area contributed by atoms with Crippen LogP contribution in [0.1, 0.15) is 26.7 Å². The normalized spacial score (nSPS) is 11.0. The van der Waals surface area contributed by atoms with Crippen LogP contribution in [0.2, 0.25) is 0 Å². The largest absolute Gasteiger partial charge is 0.489 e. The molecule has 0 aliphatic heterocycles. The molecule has 0 aliphatic carbocycles. The van der Waals surface area contributed by atoms with Crippen molar-refractivity contribution in [1.82, 2.24) is 5.32 Å². The van der Waals surface area contributed by atoms with E-state index in [0.29, 0.717) is 17.1 Å². The van der Waals surface area contributed by atoms with E-state index < -0.39 is 11.6 Å². The van der Waals surface area contributed by atoms with Crippen LogP contribution in [0.4, 0.5) is 8.78 Å². The van der Waals surface area contributed by atoms with Crippen molar-refractivity contribution in [3.63, 3.8) is 0 Å². The van der Waals surface area contributed by atoms with Crippen LogP contribution in [0.3, 0.4) is 0 Å². The number of rotatable bonds is 7. The molecule has 0 spiro atoms. The van der Waals surface area contributed by atoms with Gasteiger partial charge in [-0.1, -0.05) is 13.8 Å². The summed E-state index contributed by atoms with van der Waals surface area (Å²) in [6, 6.07) is 2.48. The summed E-state index contributed by atoms with van der Waals surface area (Å²) in [5, 5.41) is 3.29. The molecule has 1 aromatic carbocycles. The van der Waals surface area contributed by atoms with Gasteiger partial charge in [0.15, 0.2) is 11.6 Å². The fourth-order valence-electron chi connectivity index (χ4n) is 1.46. The standard InChI is InChI=1S/C13H18BrF2NO/c1-9(2)17-5-3-4-6-18-13-11(14)7-10(15)8-12(13)16/h7-9,17H,3-6H2,1-2H3. The van der Waals surface area contributed by atoms with Crippen LogP contribution in [0.25, 0.3) is 0 Å². The molecule has 0 bridgehead atoms. The van der Waals surface area contributed by atoms with Crippen molar-refractivity contribution < 1.29 is 13.5 Å². The molecule has 0 saturated heterocycles. The lowest BCUT2D eigenvalue weighted by molar-refractivity contribution is 0.287. The van der Waals surface area contributed by atoms with Gasteiger partial charge >= 0.3 is 0 Å². The second-order valence-corrected chi connectivity index (χ2v) is 5.22. The van der Waals surface area contributed by atoms with Gasteiger partial charge in [0.2, 0.25) is 0 Å². The van der Waals surface area contributed by atoms with Crippen molar-refractivity contribution in [2.75, 3.05) is 13.2 Å². The number of hydrogen-bond donors (Lipinski definition) is 1. The van der Waals surface area contributed by atoms with Crippen molar-refractivity contribution in [2.24, 2.45) is 0 Å². The Bertz CT molecular complexity index is 362. The minimum absolute atomic E-state index is 0.0771. The molecule has 0 saturated carbocycles. The van der Waals surface area contributed by atoms with Gasteiger partial charge < -0.3 is 10.1 Å². The van der Waals surface area contributed by atoms with Crippen LogP contribution in [-0.4, -0.2) is 19.2 Å². The third kappa shape index (κ3) is 5.31. The molecule has 1 aromatic rings. The third-order valence-electron chi connectivity index (χ3n) is 2.33. The van der Waals surface area contributed by atoms with Gasteiger partial charge in [0.1, 0.15) is 5.82 Å². The van der Waals surface area contributed by atoms with Crippen molar-refractivity contribution in [1.29, 1.82) is 0 Å². The van der Waals surface area contributed by atoms with Gasteiger partial charge in [0.05, 0.1) is 11.1 Å². The maximum absolute atomic E-state index is 13.4. The SMILES string of the molecule is CC(C)NCCCCOc1c(F)cc(F)cc1Br. The van der Waals surface area contributed by atoms with Crippen molar-refractivity contribution >= 4 is 15.9 Å². The highest BCUT2D eigenvalue weighted by Crippen LogP contribution is 2.29.